The van der Waals surface area contributed by atoms with Crippen LogP contribution in [-0.2, 0) is 9.47 Å². The number of rotatable bonds is 2. The fourth-order valence-electron chi connectivity index (χ4n) is 2.37. The van der Waals surface area contributed by atoms with Crippen LogP contribution in [-0.4, -0.2) is 42.4 Å². The van der Waals surface area contributed by atoms with Crippen LogP contribution in [0.2, 0.25) is 0 Å². The van der Waals surface area contributed by atoms with Gasteiger partial charge in [-0.05, 0) is 38.5 Å². The lowest BCUT2D eigenvalue weighted by Crippen LogP contribution is -2.54. The SMILES string of the molecule is CC(C)(C)OC(=O)N1CCOCC1C(N)c1ccc(F)cc1. The molecule has 122 valence electrons. The average Bonchev–Trinajstić information content (AvgIpc) is 2.45. The summed E-state index contributed by atoms with van der Waals surface area (Å²) in [6.07, 6.45) is -0.404. The number of halogens is 1. The third-order valence-corrected chi connectivity index (χ3v) is 3.46. The molecule has 0 aromatic heterocycles. The van der Waals surface area contributed by atoms with Crippen LogP contribution in [0.3, 0.4) is 0 Å². The summed E-state index contributed by atoms with van der Waals surface area (Å²) in [5.74, 6) is -0.320. The summed E-state index contributed by atoms with van der Waals surface area (Å²) in [6.45, 7) is 6.67. The fourth-order valence-corrected chi connectivity index (χ4v) is 2.37. The molecule has 0 spiro atoms. The number of benzene rings is 1. The van der Waals surface area contributed by atoms with Crippen molar-refractivity contribution in [1.82, 2.24) is 4.90 Å². The number of nitrogens with two attached hydrogens (primary N) is 1. The van der Waals surface area contributed by atoms with E-state index in [1.807, 2.05) is 20.8 Å². The number of nitrogens with zero attached hydrogens (tertiary/aromatic N) is 1. The van der Waals surface area contributed by atoms with Crippen LogP contribution in [0.5, 0.6) is 0 Å². The normalized spacial score (nSPS) is 20.6. The monoisotopic (exact) mass is 310 g/mol. The van der Waals surface area contributed by atoms with Gasteiger partial charge in [-0.25, -0.2) is 9.18 Å². The minimum atomic E-state index is -0.570. The van der Waals surface area contributed by atoms with Gasteiger partial charge >= 0.3 is 6.09 Å². The van der Waals surface area contributed by atoms with E-state index in [2.05, 4.69) is 0 Å². The first-order valence-electron chi connectivity index (χ1n) is 7.36. The summed E-state index contributed by atoms with van der Waals surface area (Å²) in [7, 11) is 0. The number of ether oxygens (including phenoxy) is 2. The maximum Gasteiger partial charge on any atom is 0.410 e. The van der Waals surface area contributed by atoms with E-state index in [-0.39, 0.29) is 11.9 Å². The van der Waals surface area contributed by atoms with Crippen molar-refractivity contribution in [3.8, 4) is 0 Å². The molecule has 1 amide bonds. The Morgan fingerprint density at radius 2 is 2.05 bits per heavy atom. The molecule has 0 aliphatic carbocycles. The number of morpholine rings is 1. The van der Waals surface area contributed by atoms with E-state index in [0.29, 0.717) is 19.8 Å². The van der Waals surface area contributed by atoms with E-state index in [1.54, 1.807) is 17.0 Å². The Balaban J connectivity index is 2.15. The highest BCUT2D eigenvalue weighted by molar-refractivity contribution is 5.69. The van der Waals surface area contributed by atoms with E-state index in [0.717, 1.165) is 5.56 Å². The lowest BCUT2D eigenvalue weighted by Gasteiger charge is -2.39. The summed E-state index contributed by atoms with van der Waals surface area (Å²) in [5.41, 5.74) is 6.45. The van der Waals surface area contributed by atoms with Crippen molar-refractivity contribution in [1.29, 1.82) is 0 Å². The topological polar surface area (TPSA) is 64.8 Å². The molecule has 2 atom stereocenters. The molecule has 5 nitrogen and oxygen atoms in total. The van der Waals surface area contributed by atoms with Crippen LogP contribution in [0.1, 0.15) is 32.4 Å². The third kappa shape index (κ3) is 4.18. The molecule has 6 heteroatoms. The number of carbonyl (C=O) groups is 1. The van der Waals surface area contributed by atoms with Crippen molar-refractivity contribution in [2.75, 3.05) is 19.8 Å². The van der Waals surface area contributed by atoms with Crippen molar-refractivity contribution < 1.29 is 18.7 Å². The molecule has 1 aromatic carbocycles. The lowest BCUT2D eigenvalue weighted by molar-refractivity contribution is -0.0382. The molecule has 0 radical (unpaired) electrons. The van der Waals surface area contributed by atoms with Gasteiger partial charge in [-0.1, -0.05) is 12.1 Å². The molecule has 1 heterocycles. The Morgan fingerprint density at radius 3 is 2.64 bits per heavy atom. The second-order valence-electron chi connectivity index (χ2n) is 6.39. The van der Waals surface area contributed by atoms with Crippen molar-refractivity contribution in [3.05, 3.63) is 35.6 Å². The highest BCUT2D eigenvalue weighted by Gasteiger charge is 2.35. The summed E-state index contributed by atoms with van der Waals surface area (Å²) >= 11 is 0. The predicted molar refractivity (Wildman–Crippen MR) is 80.9 cm³/mol. The van der Waals surface area contributed by atoms with Gasteiger partial charge in [0.05, 0.1) is 25.3 Å². The number of carbonyl (C=O) groups excluding carboxylic acids is 1. The molecule has 1 aromatic rings. The maximum absolute atomic E-state index is 13.0. The Kier molecular flexibility index (Phi) is 5.03. The number of hydrogen-bond acceptors (Lipinski definition) is 4. The first-order valence-corrected chi connectivity index (χ1v) is 7.36. The van der Waals surface area contributed by atoms with Crippen molar-refractivity contribution >= 4 is 6.09 Å². The predicted octanol–water partition coefficient (Wildman–Crippen LogP) is 2.46. The van der Waals surface area contributed by atoms with Crippen molar-refractivity contribution in [3.63, 3.8) is 0 Å². The molecule has 2 unspecified atom stereocenters. The lowest BCUT2D eigenvalue weighted by atomic mass is 9.99. The zero-order valence-corrected chi connectivity index (χ0v) is 13.2. The number of amides is 1. The van der Waals surface area contributed by atoms with E-state index in [9.17, 15) is 9.18 Å². The number of hydrogen-bond donors (Lipinski definition) is 1. The quantitative estimate of drug-likeness (QED) is 0.911. The molecule has 1 aliphatic rings. The largest absolute Gasteiger partial charge is 0.444 e. The highest BCUT2D eigenvalue weighted by Crippen LogP contribution is 2.23. The van der Waals surface area contributed by atoms with E-state index < -0.39 is 17.7 Å². The van der Waals surface area contributed by atoms with Gasteiger partial charge in [0.15, 0.2) is 0 Å². The standard InChI is InChI=1S/C16H23FN2O3/c1-16(2,3)22-15(20)19-8-9-21-10-13(19)14(18)11-4-6-12(17)7-5-11/h4-7,13-14H,8-10,18H2,1-3H3. The molecule has 1 saturated heterocycles. The van der Waals surface area contributed by atoms with Gasteiger partial charge < -0.3 is 15.2 Å². The van der Waals surface area contributed by atoms with E-state index in [4.69, 9.17) is 15.2 Å². The van der Waals surface area contributed by atoms with Crippen LogP contribution in [0.15, 0.2) is 24.3 Å². The van der Waals surface area contributed by atoms with Gasteiger partial charge in [0.2, 0.25) is 0 Å². The summed E-state index contributed by atoms with van der Waals surface area (Å²) < 4.78 is 23.9. The van der Waals surface area contributed by atoms with Crippen LogP contribution < -0.4 is 5.73 Å². The van der Waals surface area contributed by atoms with Gasteiger partial charge in [0.1, 0.15) is 11.4 Å². The van der Waals surface area contributed by atoms with Crippen molar-refractivity contribution in [2.24, 2.45) is 5.73 Å². The van der Waals surface area contributed by atoms with E-state index >= 15 is 0 Å². The zero-order valence-electron chi connectivity index (χ0n) is 13.2. The Bertz CT molecular complexity index is 513. The molecule has 22 heavy (non-hydrogen) atoms. The second kappa shape index (κ2) is 6.62. The first-order chi connectivity index (χ1) is 10.3. The molecule has 0 bridgehead atoms. The second-order valence-corrected chi connectivity index (χ2v) is 6.39. The summed E-state index contributed by atoms with van der Waals surface area (Å²) in [5, 5.41) is 0. The van der Waals surface area contributed by atoms with Crippen LogP contribution >= 0.6 is 0 Å². The molecule has 0 saturated carbocycles. The minimum absolute atomic E-state index is 0.320. The average molecular weight is 310 g/mol. The molecule has 1 aliphatic heterocycles. The summed E-state index contributed by atoms with van der Waals surface area (Å²) in [4.78, 5) is 13.9. The molecular weight excluding hydrogens is 287 g/mol. The van der Waals surface area contributed by atoms with Crippen molar-refractivity contribution in [2.45, 2.75) is 38.5 Å². The smallest absolute Gasteiger partial charge is 0.410 e. The fraction of sp³-hybridized carbons (Fsp3) is 0.562. The highest BCUT2D eigenvalue weighted by atomic mass is 19.1. The van der Waals surface area contributed by atoms with Gasteiger partial charge in [0.25, 0.3) is 0 Å². The van der Waals surface area contributed by atoms with E-state index in [1.165, 1.54) is 12.1 Å². The van der Waals surface area contributed by atoms with Gasteiger partial charge in [0, 0.05) is 6.54 Å². The summed E-state index contributed by atoms with van der Waals surface area (Å²) in [6, 6.07) is 5.17. The molecular formula is C16H23FN2O3. The van der Waals surface area contributed by atoms with Crippen LogP contribution in [0.4, 0.5) is 9.18 Å². The van der Waals surface area contributed by atoms with Crippen LogP contribution in [0.25, 0.3) is 0 Å². The van der Waals surface area contributed by atoms with Gasteiger partial charge in [-0.2, -0.15) is 0 Å². The Hall–Kier alpha value is -1.66. The minimum Gasteiger partial charge on any atom is -0.444 e. The van der Waals surface area contributed by atoms with Crippen LogP contribution in [0, 0.1) is 5.82 Å². The Labute approximate surface area is 130 Å². The maximum atomic E-state index is 13.0. The zero-order chi connectivity index (χ0) is 16.3. The Morgan fingerprint density at radius 1 is 1.41 bits per heavy atom. The molecule has 2 N–H and O–H groups in total. The van der Waals surface area contributed by atoms with Gasteiger partial charge in [-0.15, -0.1) is 0 Å². The van der Waals surface area contributed by atoms with Gasteiger partial charge in [-0.3, -0.25) is 4.90 Å². The molecule has 2 rings (SSSR count). The molecule has 1 fully saturated rings. The third-order valence-electron chi connectivity index (χ3n) is 3.46. The first kappa shape index (κ1) is 16.7.